The number of hydrogen-bond donors (Lipinski definition) is 2. The smallest absolute Gasteiger partial charge is 0.419 e. The van der Waals surface area contributed by atoms with Crippen LogP contribution >= 0.6 is 0 Å². The molecule has 7 nitrogen and oxygen atoms in total. The maximum absolute atomic E-state index is 13.9. The van der Waals surface area contributed by atoms with E-state index in [1.54, 1.807) is 38.5 Å². The molecule has 0 spiro atoms. The minimum Gasteiger partial charge on any atom is -0.507 e. The molecule has 0 heterocycles. The molecular weight excluding hydrogens is 759 g/mol. The van der Waals surface area contributed by atoms with E-state index in [0.717, 1.165) is 66.8 Å². The maximum atomic E-state index is 13.9. The first kappa shape index (κ1) is 45.0. The molecule has 0 saturated heterocycles. The van der Waals surface area contributed by atoms with Gasteiger partial charge in [0.15, 0.2) is 0 Å². The molecule has 322 valence electrons. The largest absolute Gasteiger partial charge is 0.507 e. The number of carbonyl (C=O) groups excluding carboxylic acids is 2. The minimum absolute atomic E-state index is 0.190. The van der Waals surface area contributed by atoms with Crippen molar-refractivity contribution in [2.24, 2.45) is 0 Å². The zero-order valence-corrected chi connectivity index (χ0v) is 38.8. The van der Waals surface area contributed by atoms with Gasteiger partial charge in [-0.2, -0.15) is 0 Å². The highest BCUT2D eigenvalue weighted by molar-refractivity contribution is 6.03. The number of fused-ring (bicyclic) bond motifs is 8. The lowest BCUT2D eigenvalue weighted by atomic mass is 9.79. The van der Waals surface area contributed by atoms with Gasteiger partial charge in [-0.3, -0.25) is 10.1 Å². The molecule has 1 aliphatic carbocycles. The lowest BCUT2D eigenvalue weighted by Crippen LogP contribution is -2.33. The van der Waals surface area contributed by atoms with E-state index in [0.29, 0.717) is 48.5 Å². The standard InChI is InChI=1S/C54H65NO6/c1-51(2,3)41-24-33-20-35-26-42(52(4,5)6)28-37(46(35)59-13)22-39-30-44(54(10,11)12)31-40(48(39)61-50(58)55-49(57)32-18-16-15-17-19-32)23-38-29-43(53(7,8)9)27-36(47(38)60-14)21-34(25-41)45(33)56/h15-19,24-31,56H,20-23H2,1-14H3,(H,55,57,58). The van der Waals surface area contributed by atoms with Gasteiger partial charge in [0.1, 0.15) is 23.0 Å². The van der Waals surface area contributed by atoms with E-state index in [-0.39, 0.29) is 27.4 Å². The lowest BCUT2D eigenvalue weighted by molar-refractivity contribution is 0.0950. The first-order valence-electron chi connectivity index (χ1n) is 21.4. The summed E-state index contributed by atoms with van der Waals surface area (Å²) in [5, 5.41) is 14.8. The third-order valence-electron chi connectivity index (χ3n) is 11.8. The highest BCUT2D eigenvalue weighted by Gasteiger charge is 2.29. The average Bonchev–Trinajstić information content (AvgIpc) is 3.15. The molecule has 0 unspecified atom stereocenters. The Morgan fingerprint density at radius 2 is 0.770 bits per heavy atom. The molecule has 5 aromatic rings. The molecule has 0 radical (unpaired) electrons. The monoisotopic (exact) mass is 823 g/mol. The molecule has 0 fully saturated rings. The number of ether oxygens (including phenoxy) is 3. The van der Waals surface area contributed by atoms with E-state index >= 15 is 0 Å². The highest BCUT2D eigenvalue weighted by Crippen LogP contribution is 2.44. The fraction of sp³-hybridized carbons (Fsp3) is 0.407. The van der Waals surface area contributed by atoms with E-state index in [4.69, 9.17) is 14.2 Å². The van der Waals surface area contributed by atoms with Gasteiger partial charge in [-0.15, -0.1) is 0 Å². The Morgan fingerprint density at radius 1 is 0.475 bits per heavy atom. The highest BCUT2D eigenvalue weighted by atomic mass is 16.6. The van der Waals surface area contributed by atoms with Gasteiger partial charge in [0, 0.05) is 42.4 Å². The number of carbonyl (C=O) groups is 2. The van der Waals surface area contributed by atoms with Gasteiger partial charge in [-0.25, -0.2) is 4.79 Å². The number of imide groups is 1. The van der Waals surface area contributed by atoms with Crippen LogP contribution in [0.25, 0.3) is 0 Å². The van der Waals surface area contributed by atoms with E-state index in [9.17, 15) is 14.7 Å². The van der Waals surface area contributed by atoms with Crippen molar-refractivity contribution in [2.45, 2.75) is 130 Å². The fourth-order valence-electron chi connectivity index (χ4n) is 8.16. The van der Waals surface area contributed by atoms with Gasteiger partial charge < -0.3 is 19.3 Å². The number of rotatable bonds is 4. The Kier molecular flexibility index (Phi) is 12.3. The van der Waals surface area contributed by atoms with Crippen molar-refractivity contribution in [3.05, 3.63) is 151 Å². The number of nitrogens with one attached hydrogen (secondary N) is 1. The number of phenols is 1. The molecule has 5 aromatic carbocycles. The fourth-order valence-corrected chi connectivity index (χ4v) is 8.16. The summed E-state index contributed by atoms with van der Waals surface area (Å²) in [6.07, 6.45) is 0.693. The molecule has 8 bridgehead atoms. The summed E-state index contributed by atoms with van der Waals surface area (Å²) >= 11 is 0. The van der Waals surface area contributed by atoms with Gasteiger partial charge in [-0.05, 0) is 89.4 Å². The molecule has 2 N–H and O–H groups in total. The van der Waals surface area contributed by atoms with Crippen LogP contribution in [0, 0.1) is 0 Å². The number of benzene rings is 5. The average molecular weight is 824 g/mol. The normalized spacial score (nSPS) is 13.3. The third kappa shape index (κ3) is 9.99. The van der Waals surface area contributed by atoms with Crippen LogP contribution in [0.3, 0.4) is 0 Å². The van der Waals surface area contributed by atoms with Crippen molar-refractivity contribution in [3.63, 3.8) is 0 Å². The van der Waals surface area contributed by atoms with Crippen molar-refractivity contribution < 1.29 is 28.9 Å². The van der Waals surface area contributed by atoms with Crippen LogP contribution in [0.2, 0.25) is 0 Å². The molecule has 0 aliphatic heterocycles. The number of aromatic hydroxyl groups is 1. The predicted octanol–water partition coefficient (Wildman–Crippen LogP) is 12.2. The number of amides is 2. The number of hydrogen-bond acceptors (Lipinski definition) is 6. The minimum atomic E-state index is -0.870. The molecule has 1 aliphatic rings. The molecule has 2 amide bonds. The molecule has 7 heteroatoms. The third-order valence-corrected chi connectivity index (χ3v) is 11.8. The van der Waals surface area contributed by atoms with E-state index in [1.165, 1.54) is 0 Å². The molecule has 0 atom stereocenters. The molecule has 61 heavy (non-hydrogen) atoms. The van der Waals surface area contributed by atoms with Gasteiger partial charge in [0.05, 0.1) is 14.2 Å². The van der Waals surface area contributed by atoms with Crippen LogP contribution in [0.5, 0.6) is 23.0 Å². The van der Waals surface area contributed by atoms with Crippen LogP contribution in [-0.4, -0.2) is 31.3 Å². The molecular formula is C54H65NO6. The second-order valence-electron chi connectivity index (χ2n) is 20.8. The predicted molar refractivity (Wildman–Crippen MR) is 246 cm³/mol. The Balaban J connectivity index is 1.71. The van der Waals surface area contributed by atoms with Crippen molar-refractivity contribution in [1.29, 1.82) is 0 Å². The first-order valence-corrected chi connectivity index (χ1v) is 21.4. The van der Waals surface area contributed by atoms with Crippen molar-refractivity contribution in [2.75, 3.05) is 14.2 Å². The van der Waals surface area contributed by atoms with Crippen LogP contribution < -0.4 is 19.5 Å². The van der Waals surface area contributed by atoms with Crippen molar-refractivity contribution in [3.8, 4) is 23.0 Å². The van der Waals surface area contributed by atoms with Crippen LogP contribution in [-0.2, 0) is 47.3 Å². The van der Waals surface area contributed by atoms with Gasteiger partial charge in [0.25, 0.3) is 5.91 Å². The number of phenolic OH excluding ortho intramolecular Hbond substituents is 1. The van der Waals surface area contributed by atoms with E-state index < -0.39 is 12.0 Å². The van der Waals surface area contributed by atoms with Gasteiger partial charge in [0.2, 0.25) is 0 Å². The molecule has 0 saturated carbocycles. The molecule has 6 rings (SSSR count). The van der Waals surface area contributed by atoms with E-state index in [1.807, 2.05) is 6.07 Å². The van der Waals surface area contributed by atoms with Crippen LogP contribution in [0.15, 0.2) is 78.9 Å². The summed E-state index contributed by atoms with van der Waals surface area (Å²) in [6, 6.07) is 25.9. The summed E-state index contributed by atoms with van der Waals surface area (Å²) in [5.41, 5.74) is 10.8. The molecule has 0 aromatic heterocycles. The van der Waals surface area contributed by atoms with E-state index in [2.05, 4.69) is 137 Å². The summed E-state index contributed by atoms with van der Waals surface area (Å²) < 4.78 is 19.1. The van der Waals surface area contributed by atoms with Crippen LogP contribution in [0.4, 0.5) is 4.79 Å². The van der Waals surface area contributed by atoms with Crippen molar-refractivity contribution in [1.82, 2.24) is 5.32 Å². The van der Waals surface area contributed by atoms with Crippen LogP contribution in [0.1, 0.15) is 160 Å². The number of methoxy groups -OCH3 is 2. The zero-order chi connectivity index (χ0) is 44.8. The second kappa shape index (κ2) is 16.7. The summed E-state index contributed by atoms with van der Waals surface area (Å²) in [5.74, 6) is 1.51. The van der Waals surface area contributed by atoms with Gasteiger partial charge in [-0.1, -0.05) is 150 Å². The Labute approximate surface area is 363 Å². The summed E-state index contributed by atoms with van der Waals surface area (Å²) in [6.45, 7) is 26.3. The lowest BCUT2D eigenvalue weighted by Gasteiger charge is -2.28. The summed E-state index contributed by atoms with van der Waals surface area (Å²) in [4.78, 5) is 27.2. The maximum Gasteiger partial charge on any atom is 0.419 e. The van der Waals surface area contributed by atoms with Crippen molar-refractivity contribution >= 4 is 12.0 Å². The zero-order valence-electron chi connectivity index (χ0n) is 38.8. The topological polar surface area (TPSA) is 94.1 Å². The first-order chi connectivity index (χ1) is 28.4. The Bertz CT molecular complexity index is 2350. The Morgan fingerprint density at radius 3 is 1.08 bits per heavy atom. The SMILES string of the molecule is COc1c2cc(C(C)(C)C)cc1Cc1cc(C(C)(C)C)cc(c1OC(=O)NC(=O)c1ccccc1)Cc1cc(C(C)(C)C)cc(c1OC)Cc1cc(C(C)(C)C)cc(c1O)C2. The summed E-state index contributed by atoms with van der Waals surface area (Å²) in [7, 11) is 3.38. The second-order valence-corrected chi connectivity index (χ2v) is 20.8. The quantitative estimate of drug-likeness (QED) is 0.184. The Hall–Kier alpha value is -5.56. The van der Waals surface area contributed by atoms with Gasteiger partial charge >= 0.3 is 6.09 Å².